The minimum Gasteiger partial charge on any atom is -0.381 e. The molecule has 1 aliphatic carbocycles. The molecular formula is C14H22N2O2S. The first-order chi connectivity index (χ1) is 8.87. The second kappa shape index (κ2) is 5.13. The molecule has 0 heterocycles. The molecule has 1 aromatic rings. The average Bonchev–Trinajstić information content (AvgIpc) is 2.94. The Morgan fingerprint density at radius 3 is 2.53 bits per heavy atom. The molecule has 0 spiro atoms. The van der Waals surface area contributed by atoms with Gasteiger partial charge in [0.15, 0.2) is 0 Å². The van der Waals surface area contributed by atoms with E-state index >= 15 is 0 Å². The lowest BCUT2D eigenvalue weighted by atomic mass is 10.2. The van der Waals surface area contributed by atoms with Crippen LogP contribution in [0.3, 0.4) is 0 Å². The largest absolute Gasteiger partial charge is 0.381 e. The van der Waals surface area contributed by atoms with Crippen LogP contribution in [0.4, 0.5) is 5.69 Å². The van der Waals surface area contributed by atoms with Gasteiger partial charge < -0.3 is 5.32 Å². The molecule has 2 N–H and O–H groups in total. The van der Waals surface area contributed by atoms with Crippen LogP contribution in [0.25, 0.3) is 0 Å². The topological polar surface area (TPSA) is 58.2 Å². The first-order valence-corrected chi connectivity index (χ1v) is 8.20. The van der Waals surface area contributed by atoms with Gasteiger partial charge in [0.1, 0.15) is 4.90 Å². The van der Waals surface area contributed by atoms with Gasteiger partial charge in [-0.05, 0) is 30.4 Å². The number of benzene rings is 1. The van der Waals surface area contributed by atoms with Crippen LogP contribution in [0.2, 0.25) is 0 Å². The normalized spacial score (nSPS) is 21.1. The Labute approximate surface area is 115 Å². The predicted octanol–water partition coefficient (Wildman–Crippen LogP) is 2.59. The van der Waals surface area contributed by atoms with Crippen molar-refractivity contribution in [3.8, 4) is 0 Å². The van der Waals surface area contributed by atoms with Crippen molar-refractivity contribution in [1.29, 1.82) is 0 Å². The quantitative estimate of drug-likeness (QED) is 0.843. The zero-order chi connectivity index (χ0) is 14.1. The van der Waals surface area contributed by atoms with Crippen LogP contribution in [0.1, 0.15) is 33.6 Å². The summed E-state index contributed by atoms with van der Waals surface area (Å²) in [5.41, 5.74) is 0.954. The van der Waals surface area contributed by atoms with Crippen molar-refractivity contribution in [2.75, 3.05) is 11.9 Å². The minimum atomic E-state index is -3.42. The van der Waals surface area contributed by atoms with Crippen molar-refractivity contribution in [3.63, 3.8) is 0 Å². The lowest BCUT2D eigenvalue weighted by Gasteiger charge is -2.14. The Kier molecular flexibility index (Phi) is 3.87. The monoisotopic (exact) mass is 282 g/mol. The van der Waals surface area contributed by atoms with Crippen LogP contribution < -0.4 is 10.0 Å². The first kappa shape index (κ1) is 14.3. The lowest BCUT2D eigenvalue weighted by Crippen LogP contribution is -2.25. The maximum atomic E-state index is 12.2. The molecule has 19 heavy (non-hydrogen) atoms. The summed E-state index contributed by atoms with van der Waals surface area (Å²) in [6, 6.07) is 7.44. The molecule has 1 saturated carbocycles. The zero-order valence-corrected chi connectivity index (χ0v) is 12.5. The molecule has 0 aromatic heterocycles. The molecule has 0 saturated heterocycles. The maximum Gasteiger partial charge on any atom is 0.242 e. The van der Waals surface area contributed by atoms with Crippen LogP contribution in [0.15, 0.2) is 29.2 Å². The second-order valence-corrected chi connectivity index (χ2v) is 7.52. The summed E-state index contributed by atoms with van der Waals surface area (Å²) in [4.78, 5) is 0.339. The van der Waals surface area contributed by atoms with E-state index in [2.05, 4.69) is 23.9 Å². The molecule has 5 heteroatoms. The molecule has 1 aromatic carbocycles. The molecule has 0 radical (unpaired) electrons. The van der Waals surface area contributed by atoms with Crippen LogP contribution in [-0.4, -0.2) is 21.0 Å². The summed E-state index contributed by atoms with van der Waals surface area (Å²) in [7, 11) is -3.42. The van der Waals surface area contributed by atoms with Gasteiger partial charge >= 0.3 is 0 Å². The summed E-state index contributed by atoms with van der Waals surface area (Å²) in [6.45, 7) is 6.76. The highest BCUT2D eigenvalue weighted by atomic mass is 32.2. The van der Waals surface area contributed by atoms with Crippen LogP contribution in [-0.2, 0) is 10.0 Å². The Morgan fingerprint density at radius 2 is 1.95 bits per heavy atom. The number of hydrogen-bond acceptors (Lipinski definition) is 3. The number of sulfonamides is 1. The number of para-hydroxylation sites is 1. The van der Waals surface area contributed by atoms with Crippen molar-refractivity contribution in [1.82, 2.24) is 4.72 Å². The van der Waals surface area contributed by atoms with E-state index in [0.717, 1.165) is 12.8 Å². The highest BCUT2D eigenvalue weighted by Crippen LogP contribution is 2.47. The molecular weight excluding hydrogens is 260 g/mol. The van der Waals surface area contributed by atoms with E-state index in [-0.39, 0.29) is 5.41 Å². The molecule has 4 nitrogen and oxygen atoms in total. The molecule has 2 rings (SSSR count). The second-order valence-electron chi connectivity index (χ2n) is 5.78. The fourth-order valence-electron chi connectivity index (χ4n) is 2.04. The van der Waals surface area contributed by atoms with E-state index in [9.17, 15) is 8.42 Å². The number of nitrogens with one attached hydrogen (secondary N) is 2. The van der Waals surface area contributed by atoms with Gasteiger partial charge in [0.25, 0.3) is 0 Å². The number of anilines is 1. The van der Waals surface area contributed by atoms with E-state index in [1.165, 1.54) is 0 Å². The highest BCUT2D eigenvalue weighted by Gasteiger charge is 2.46. The molecule has 0 bridgehead atoms. The Hall–Kier alpha value is -1.07. The van der Waals surface area contributed by atoms with Crippen molar-refractivity contribution in [3.05, 3.63) is 24.3 Å². The van der Waals surface area contributed by atoms with Gasteiger partial charge in [-0.3, -0.25) is 0 Å². The third-order valence-corrected chi connectivity index (χ3v) is 5.08. The molecule has 0 amide bonds. The standard InChI is InChI=1S/C14H22N2O2S/c1-4-9-15-19(17,18)12-8-6-5-7-11(12)16-13-10-14(13,2)3/h5-8,13,15-16H,4,9-10H2,1-3H3. The molecule has 0 aliphatic heterocycles. The van der Waals surface area contributed by atoms with E-state index in [1.54, 1.807) is 12.1 Å². The Balaban J connectivity index is 2.21. The summed E-state index contributed by atoms with van der Waals surface area (Å²) in [5.74, 6) is 0. The van der Waals surface area contributed by atoms with E-state index in [4.69, 9.17) is 0 Å². The molecule has 1 aliphatic rings. The molecule has 1 fully saturated rings. The Bertz CT molecular complexity index is 552. The van der Waals surface area contributed by atoms with Gasteiger partial charge in [-0.1, -0.05) is 32.9 Å². The van der Waals surface area contributed by atoms with Crippen LogP contribution >= 0.6 is 0 Å². The van der Waals surface area contributed by atoms with Crippen molar-refractivity contribution in [2.24, 2.45) is 5.41 Å². The van der Waals surface area contributed by atoms with E-state index in [0.29, 0.717) is 23.2 Å². The molecule has 106 valence electrons. The maximum absolute atomic E-state index is 12.2. The van der Waals surface area contributed by atoms with Crippen molar-refractivity contribution in [2.45, 2.75) is 44.6 Å². The van der Waals surface area contributed by atoms with Gasteiger partial charge in [0.05, 0.1) is 5.69 Å². The van der Waals surface area contributed by atoms with Gasteiger partial charge in [-0.2, -0.15) is 0 Å². The summed E-state index contributed by atoms with van der Waals surface area (Å²) < 4.78 is 27.1. The van der Waals surface area contributed by atoms with Gasteiger partial charge in [-0.25, -0.2) is 13.1 Å². The SMILES string of the molecule is CCCNS(=O)(=O)c1ccccc1NC1CC1(C)C. The first-order valence-electron chi connectivity index (χ1n) is 6.72. The lowest BCUT2D eigenvalue weighted by molar-refractivity contribution is 0.580. The van der Waals surface area contributed by atoms with Crippen LogP contribution in [0.5, 0.6) is 0 Å². The fraction of sp³-hybridized carbons (Fsp3) is 0.571. The summed E-state index contributed by atoms with van der Waals surface area (Å²) >= 11 is 0. The van der Waals surface area contributed by atoms with Crippen molar-refractivity contribution < 1.29 is 8.42 Å². The highest BCUT2D eigenvalue weighted by molar-refractivity contribution is 7.89. The van der Waals surface area contributed by atoms with Gasteiger partial charge in [-0.15, -0.1) is 0 Å². The molecule has 1 atom stereocenters. The van der Waals surface area contributed by atoms with E-state index < -0.39 is 10.0 Å². The van der Waals surface area contributed by atoms with Crippen LogP contribution in [0, 0.1) is 5.41 Å². The van der Waals surface area contributed by atoms with Crippen molar-refractivity contribution >= 4 is 15.7 Å². The smallest absolute Gasteiger partial charge is 0.242 e. The Morgan fingerprint density at radius 1 is 1.32 bits per heavy atom. The summed E-state index contributed by atoms with van der Waals surface area (Å²) in [6.07, 6.45) is 1.86. The molecule has 1 unspecified atom stereocenters. The number of hydrogen-bond donors (Lipinski definition) is 2. The third kappa shape index (κ3) is 3.28. The zero-order valence-electron chi connectivity index (χ0n) is 11.7. The van der Waals surface area contributed by atoms with E-state index in [1.807, 2.05) is 19.1 Å². The predicted molar refractivity (Wildman–Crippen MR) is 77.7 cm³/mol. The minimum absolute atomic E-state index is 0.258. The fourth-order valence-corrected chi connectivity index (χ4v) is 3.34. The van der Waals surface area contributed by atoms with Gasteiger partial charge in [0.2, 0.25) is 10.0 Å². The third-order valence-electron chi connectivity index (χ3n) is 3.56. The van der Waals surface area contributed by atoms with Gasteiger partial charge in [0, 0.05) is 12.6 Å². The summed E-state index contributed by atoms with van der Waals surface area (Å²) in [5, 5.41) is 3.34. The average molecular weight is 282 g/mol. The number of rotatable bonds is 6.